The van der Waals surface area contributed by atoms with Crippen molar-refractivity contribution in [1.82, 2.24) is 19.5 Å². The van der Waals surface area contributed by atoms with Crippen LogP contribution < -0.4 is 4.90 Å². The normalized spacial score (nSPS) is 20.2. The molecule has 1 amide bonds. The highest BCUT2D eigenvalue weighted by molar-refractivity contribution is 5.93. The topological polar surface area (TPSA) is 100 Å². The van der Waals surface area contributed by atoms with Crippen LogP contribution in [0.2, 0.25) is 0 Å². The van der Waals surface area contributed by atoms with Crippen molar-refractivity contribution in [1.29, 1.82) is 0 Å². The number of halogens is 1. The number of aromatic nitrogens is 3. The van der Waals surface area contributed by atoms with Crippen LogP contribution in [0.1, 0.15) is 65.5 Å². The highest BCUT2D eigenvalue weighted by Gasteiger charge is 2.34. The summed E-state index contributed by atoms with van der Waals surface area (Å²) in [5.41, 5.74) is 4.76. The van der Waals surface area contributed by atoms with Gasteiger partial charge in [-0.2, -0.15) is 5.10 Å². The molecule has 1 saturated carbocycles. The Balaban J connectivity index is 1.22. The molecule has 1 aliphatic carbocycles. The first-order valence-electron chi connectivity index (χ1n) is 14.5. The van der Waals surface area contributed by atoms with E-state index in [1.54, 1.807) is 10.6 Å². The van der Waals surface area contributed by atoms with Crippen LogP contribution in [0.3, 0.4) is 0 Å². The van der Waals surface area contributed by atoms with E-state index in [0.717, 1.165) is 30.5 Å². The second-order valence-electron chi connectivity index (χ2n) is 11.5. The van der Waals surface area contributed by atoms with Crippen molar-refractivity contribution in [2.75, 3.05) is 31.6 Å². The molecule has 2 aromatic heterocycles. The number of carbonyl (C=O) groups excluding carboxylic acids is 2. The molecule has 216 valence electrons. The van der Waals surface area contributed by atoms with Crippen molar-refractivity contribution in [3.05, 3.63) is 76.9 Å². The van der Waals surface area contributed by atoms with E-state index in [9.17, 15) is 14.7 Å². The lowest BCUT2D eigenvalue weighted by Crippen LogP contribution is -2.39. The first-order chi connectivity index (χ1) is 20.3. The van der Waals surface area contributed by atoms with E-state index < -0.39 is 5.82 Å². The van der Waals surface area contributed by atoms with Crippen LogP contribution in [0.15, 0.2) is 48.5 Å². The SMILES string of the molecule is COC(=O)[C@H]1CCN(c2cc(O)c(-c3cc4nc(C(=O)N5CCc6ccccc6[C@H]5C)cc(C5CC5)n4n3)c(F)c2)C1. The van der Waals surface area contributed by atoms with E-state index in [1.165, 1.54) is 24.8 Å². The van der Waals surface area contributed by atoms with Crippen LogP contribution in [-0.4, -0.2) is 63.2 Å². The number of esters is 1. The number of hydrogen-bond acceptors (Lipinski definition) is 7. The average molecular weight is 570 g/mol. The molecule has 0 spiro atoms. The summed E-state index contributed by atoms with van der Waals surface area (Å²) in [5, 5.41) is 15.6. The lowest BCUT2D eigenvalue weighted by molar-refractivity contribution is -0.144. The molecule has 2 aromatic carbocycles. The van der Waals surface area contributed by atoms with Crippen molar-refractivity contribution in [2.24, 2.45) is 5.92 Å². The van der Waals surface area contributed by atoms with Crippen LogP contribution >= 0.6 is 0 Å². The predicted octanol–water partition coefficient (Wildman–Crippen LogP) is 4.88. The molecule has 4 heterocycles. The van der Waals surface area contributed by atoms with Crippen molar-refractivity contribution in [3.63, 3.8) is 0 Å². The van der Waals surface area contributed by atoms with Crippen molar-refractivity contribution in [3.8, 4) is 17.0 Å². The number of methoxy groups -OCH3 is 1. The summed E-state index contributed by atoms with van der Waals surface area (Å²) in [4.78, 5) is 34.1. The number of phenolic OH excluding ortho intramolecular Hbond substituents is 1. The zero-order valence-corrected chi connectivity index (χ0v) is 23.6. The molecule has 2 aliphatic heterocycles. The number of amides is 1. The molecule has 9 nitrogen and oxygen atoms in total. The molecule has 7 rings (SSSR count). The third-order valence-electron chi connectivity index (χ3n) is 8.92. The number of ether oxygens (including phenoxy) is 1. The summed E-state index contributed by atoms with van der Waals surface area (Å²) in [6, 6.07) is 14.4. The van der Waals surface area contributed by atoms with Gasteiger partial charge in [0.25, 0.3) is 5.91 Å². The van der Waals surface area contributed by atoms with E-state index in [-0.39, 0.29) is 46.8 Å². The van der Waals surface area contributed by atoms with Crippen LogP contribution in [0.5, 0.6) is 5.75 Å². The molecule has 0 radical (unpaired) electrons. The summed E-state index contributed by atoms with van der Waals surface area (Å²) >= 11 is 0. The van der Waals surface area contributed by atoms with Gasteiger partial charge in [0.15, 0.2) is 5.65 Å². The maximum atomic E-state index is 15.6. The van der Waals surface area contributed by atoms with Crippen molar-refractivity contribution < 1.29 is 23.8 Å². The van der Waals surface area contributed by atoms with Gasteiger partial charge in [0, 0.05) is 49.1 Å². The van der Waals surface area contributed by atoms with E-state index >= 15 is 4.39 Å². The molecule has 2 fully saturated rings. The molecule has 1 saturated heterocycles. The Morgan fingerprint density at radius 1 is 1.07 bits per heavy atom. The number of fused-ring (bicyclic) bond motifs is 2. The zero-order chi connectivity index (χ0) is 29.1. The zero-order valence-electron chi connectivity index (χ0n) is 23.6. The summed E-state index contributed by atoms with van der Waals surface area (Å²) in [6.07, 6.45) is 3.34. The number of hydrogen-bond donors (Lipinski definition) is 1. The third-order valence-corrected chi connectivity index (χ3v) is 8.92. The maximum absolute atomic E-state index is 15.6. The number of rotatable bonds is 5. The molecule has 4 aromatic rings. The summed E-state index contributed by atoms with van der Waals surface area (Å²) in [7, 11) is 1.36. The van der Waals surface area contributed by atoms with Gasteiger partial charge >= 0.3 is 5.97 Å². The molecule has 2 atom stereocenters. The van der Waals surface area contributed by atoms with Gasteiger partial charge in [-0.3, -0.25) is 9.59 Å². The summed E-state index contributed by atoms with van der Waals surface area (Å²) in [6.45, 7) is 3.60. The Bertz CT molecular complexity index is 1710. The van der Waals surface area contributed by atoms with Gasteiger partial charge < -0.3 is 19.6 Å². The van der Waals surface area contributed by atoms with Crippen molar-refractivity contribution in [2.45, 2.75) is 44.6 Å². The second kappa shape index (κ2) is 10.1. The first kappa shape index (κ1) is 26.4. The minimum Gasteiger partial charge on any atom is -0.507 e. The fourth-order valence-electron chi connectivity index (χ4n) is 6.46. The highest BCUT2D eigenvalue weighted by Crippen LogP contribution is 2.42. The van der Waals surface area contributed by atoms with Crippen LogP contribution in [-0.2, 0) is 16.0 Å². The highest BCUT2D eigenvalue weighted by atomic mass is 19.1. The molecule has 1 N–H and O–H groups in total. The van der Waals surface area contributed by atoms with E-state index in [1.807, 2.05) is 34.9 Å². The molecular weight excluding hydrogens is 537 g/mol. The number of nitrogens with zero attached hydrogens (tertiary/aromatic N) is 5. The van der Waals surface area contributed by atoms with E-state index in [2.05, 4.69) is 22.2 Å². The Hall–Kier alpha value is -4.47. The van der Waals surface area contributed by atoms with Crippen LogP contribution in [0, 0.1) is 11.7 Å². The number of phenols is 1. The molecule has 3 aliphatic rings. The lowest BCUT2D eigenvalue weighted by Gasteiger charge is -2.35. The lowest BCUT2D eigenvalue weighted by atomic mass is 9.93. The van der Waals surface area contributed by atoms with Crippen molar-refractivity contribution >= 4 is 23.2 Å². The van der Waals surface area contributed by atoms with Gasteiger partial charge in [0.2, 0.25) is 0 Å². The first-order valence-corrected chi connectivity index (χ1v) is 14.5. The fraction of sp³-hybridized carbons (Fsp3) is 0.375. The van der Waals surface area contributed by atoms with Gasteiger partial charge in [-0.15, -0.1) is 0 Å². The number of anilines is 1. The minimum absolute atomic E-state index is 0.0242. The standard InChI is InChI=1S/C32H32FN5O4/c1-18-23-6-4-3-5-19(23)10-12-37(18)31(40)26-15-27(20-7-8-20)38-29(34-26)16-25(35-38)30-24(33)13-22(14-28(30)39)36-11-9-21(17-36)32(41)42-2/h3-6,13-16,18,20-21,39H,7-12,17H2,1-2H3/t18-,21+/m1/s1. The Labute approximate surface area is 242 Å². The van der Waals surface area contributed by atoms with Gasteiger partial charge in [0.1, 0.15) is 23.0 Å². The quantitative estimate of drug-likeness (QED) is 0.342. The summed E-state index contributed by atoms with van der Waals surface area (Å²) in [5.74, 6) is -1.35. The Morgan fingerprint density at radius 2 is 1.88 bits per heavy atom. The summed E-state index contributed by atoms with van der Waals surface area (Å²) < 4.78 is 22.1. The maximum Gasteiger partial charge on any atom is 0.310 e. The minimum atomic E-state index is -0.625. The Kier molecular flexibility index (Phi) is 6.36. The smallest absolute Gasteiger partial charge is 0.310 e. The number of carbonyl (C=O) groups is 2. The largest absolute Gasteiger partial charge is 0.507 e. The number of benzene rings is 2. The predicted molar refractivity (Wildman–Crippen MR) is 154 cm³/mol. The molecule has 0 unspecified atom stereocenters. The Morgan fingerprint density at radius 3 is 2.64 bits per heavy atom. The van der Waals surface area contributed by atoms with E-state index in [0.29, 0.717) is 43.1 Å². The monoisotopic (exact) mass is 569 g/mol. The van der Waals surface area contributed by atoms with Gasteiger partial charge in [-0.25, -0.2) is 13.9 Å². The van der Waals surface area contributed by atoms with E-state index in [4.69, 9.17) is 4.74 Å². The van der Waals surface area contributed by atoms with Crippen LogP contribution in [0.25, 0.3) is 16.9 Å². The average Bonchev–Trinajstić information content (AvgIpc) is 3.55. The van der Waals surface area contributed by atoms with Gasteiger partial charge in [0.05, 0.1) is 24.6 Å². The molecule has 42 heavy (non-hydrogen) atoms. The second-order valence-corrected chi connectivity index (χ2v) is 11.5. The third kappa shape index (κ3) is 4.45. The van der Waals surface area contributed by atoms with Crippen LogP contribution in [0.4, 0.5) is 10.1 Å². The molecular formula is C32H32FN5O4. The molecule has 0 bridgehead atoms. The number of aromatic hydroxyl groups is 1. The van der Waals surface area contributed by atoms with Gasteiger partial charge in [-0.1, -0.05) is 24.3 Å². The van der Waals surface area contributed by atoms with Gasteiger partial charge in [-0.05, 0) is 55.9 Å². The molecule has 10 heteroatoms. The fourth-order valence-corrected chi connectivity index (χ4v) is 6.46.